The lowest BCUT2D eigenvalue weighted by Gasteiger charge is -2.37. The Morgan fingerprint density at radius 3 is 2.58 bits per heavy atom. The van der Waals surface area contributed by atoms with Crippen LogP contribution in [0.3, 0.4) is 0 Å². The molecule has 1 aliphatic heterocycles. The molecule has 2 N–H and O–H groups in total. The average molecular weight is 269 g/mol. The van der Waals surface area contributed by atoms with Crippen LogP contribution in [-0.2, 0) is 19.1 Å². The number of aliphatic carboxylic acids is 1. The molecular weight excluding hydrogens is 250 g/mol. The highest BCUT2D eigenvalue weighted by Crippen LogP contribution is 2.31. The molecule has 1 fully saturated rings. The molecule has 1 amide bonds. The number of hydrogen-bond donors (Lipinski definition) is 2. The molecule has 1 saturated carbocycles. The molecule has 0 unspecified atom stereocenters. The highest BCUT2D eigenvalue weighted by atomic mass is 16.6. The molecule has 0 saturated heterocycles. The Hall–Kier alpha value is -1.72. The van der Waals surface area contributed by atoms with Gasteiger partial charge in [0.15, 0.2) is 0 Å². The van der Waals surface area contributed by atoms with Crippen LogP contribution in [0.1, 0.15) is 38.5 Å². The molecule has 2 aliphatic rings. The van der Waals surface area contributed by atoms with E-state index >= 15 is 0 Å². The predicted molar refractivity (Wildman–Crippen MR) is 66.2 cm³/mol. The van der Waals surface area contributed by atoms with E-state index in [1.54, 1.807) is 0 Å². The van der Waals surface area contributed by atoms with E-state index in [4.69, 9.17) is 14.6 Å². The number of ether oxygens (including phenoxy) is 2. The summed E-state index contributed by atoms with van der Waals surface area (Å²) in [6.45, 7) is 0.766. The SMILES string of the molecule is O=C(O)CC1(NC(=O)C2=COCCO2)CCCCC1. The van der Waals surface area contributed by atoms with E-state index in [0.29, 0.717) is 26.1 Å². The van der Waals surface area contributed by atoms with E-state index in [1.807, 2.05) is 0 Å². The monoisotopic (exact) mass is 269 g/mol. The minimum Gasteiger partial charge on any atom is -0.494 e. The number of carboxylic acid groups (broad SMARTS) is 1. The average Bonchev–Trinajstić information content (AvgIpc) is 2.39. The first-order chi connectivity index (χ1) is 9.11. The molecule has 2 rings (SSSR count). The van der Waals surface area contributed by atoms with Gasteiger partial charge >= 0.3 is 5.97 Å². The van der Waals surface area contributed by atoms with Crippen LogP contribution < -0.4 is 5.32 Å². The lowest BCUT2D eigenvalue weighted by molar-refractivity contribution is -0.139. The summed E-state index contributed by atoms with van der Waals surface area (Å²) in [5, 5.41) is 11.9. The highest BCUT2D eigenvalue weighted by molar-refractivity contribution is 5.92. The molecule has 0 radical (unpaired) electrons. The molecule has 6 heteroatoms. The van der Waals surface area contributed by atoms with Crippen molar-refractivity contribution in [1.82, 2.24) is 5.32 Å². The summed E-state index contributed by atoms with van der Waals surface area (Å²) in [7, 11) is 0. The van der Waals surface area contributed by atoms with E-state index in [0.717, 1.165) is 19.3 Å². The van der Waals surface area contributed by atoms with Gasteiger partial charge in [-0.25, -0.2) is 0 Å². The third-order valence-corrected chi connectivity index (χ3v) is 3.55. The van der Waals surface area contributed by atoms with Crippen LogP contribution in [0.4, 0.5) is 0 Å². The fraction of sp³-hybridized carbons (Fsp3) is 0.692. The maximum Gasteiger partial charge on any atom is 0.305 e. The molecule has 19 heavy (non-hydrogen) atoms. The number of amides is 1. The van der Waals surface area contributed by atoms with Gasteiger partial charge in [-0.2, -0.15) is 0 Å². The van der Waals surface area contributed by atoms with Gasteiger partial charge in [0, 0.05) is 0 Å². The first-order valence-corrected chi connectivity index (χ1v) is 6.60. The second kappa shape index (κ2) is 5.95. The number of carbonyl (C=O) groups is 2. The van der Waals surface area contributed by atoms with Crippen molar-refractivity contribution < 1.29 is 24.2 Å². The van der Waals surface area contributed by atoms with Gasteiger partial charge in [-0.15, -0.1) is 0 Å². The number of carbonyl (C=O) groups excluding carboxylic acids is 1. The zero-order chi connectivity index (χ0) is 13.7. The van der Waals surface area contributed by atoms with Gasteiger partial charge in [0.2, 0.25) is 5.76 Å². The van der Waals surface area contributed by atoms with Gasteiger partial charge in [-0.3, -0.25) is 9.59 Å². The Kier molecular flexibility index (Phi) is 4.29. The predicted octanol–water partition coefficient (Wildman–Crippen LogP) is 1.17. The molecule has 0 bridgehead atoms. The lowest BCUT2D eigenvalue weighted by atomic mass is 9.79. The molecule has 1 aliphatic carbocycles. The molecule has 0 aromatic rings. The van der Waals surface area contributed by atoms with Crippen molar-refractivity contribution in [2.24, 2.45) is 0 Å². The van der Waals surface area contributed by atoms with Crippen LogP contribution in [0.15, 0.2) is 12.0 Å². The van der Waals surface area contributed by atoms with Crippen molar-refractivity contribution in [3.63, 3.8) is 0 Å². The Morgan fingerprint density at radius 2 is 2.00 bits per heavy atom. The second-order valence-corrected chi connectivity index (χ2v) is 5.07. The number of carboxylic acids is 1. The van der Waals surface area contributed by atoms with Crippen LogP contribution in [0.25, 0.3) is 0 Å². The minimum atomic E-state index is -0.892. The third kappa shape index (κ3) is 3.62. The summed E-state index contributed by atoms with van der Waals surface area (Å²) in [6.07, 6.45) is 5.58. The van der Waals surface area contributed by atoms with E-state index in [9.17, 15) is 9.59 Å². The molecule has 0 aromatic carbocycles. The topological polar surface area (TPSA) is 84.9 Å². The van der Waals surface area contributed by atoms with E-state index < -0.39 is 11.5 Å². The van der Waals surface area contributed by atoms with Crippen molar-refractivity contribution in [2.75, 3.05) is 13.2 Å². The molecule has 106 valence electrons. The summed E-state index contributed by atoms with van der Waals surface area (Å²) < 4.78 is 10.3. The van der Waals surface area contributed by atoms with Gasteiger partial charge in [-0.05, 0) is 12.8 Å². The van der Waals surface area contributed by atoms with Gasteiger partial charge in [0.1, 0.15) is 19.5 Å². The zero-order valence-corrected chi connectivity index (χ0v) is 10.8. The third-order valence-electron chi connectivity index (χ3n) is 3.55. The highest BCUT2D eigenvalue weighted by Gasteiger charge is 2.37. The lowest BCUT2D eigenvalue weighted by Crippen LogP contribution is -2.51. The van der Waals surface area contributed by atoms with E-state index in [1.165, 1.54) is 6.26 Å². The van der Waals surface area contributed by atoms with Crippen molar-refractivity contribution in [1.29, 1.82) is 0 Å². The standard InChI is InChI=1S/C13H19NO5/c15-11(16)8-13(4-2-1-3-5-13)14-12(17)10-9-18-6-7-19-10/h9H,1-8H2,(H,14,17)(H,15,16). The van der Waals surface area contributed by atoms with Crippen molar-refractivity contribution in [3.8, 4) is 0 Å². The smallest absolute Gasteiger partial charge is 0.305 e. The van der Waals surface area contributed by atoms with Crippen LogP contribution >= 0.6 is 0 Å². The largest absolute Gasteiger partial charge is 0.494 e. The summed E-state index contributed by atoms with van der Waals surface area (Å²) in [5.74, 6) is -1.15. The fourth-order valence-corrected chi connectivity index (χ4v) is 2.65. The summed E-state index contributed by atoms with van der Waals surface area (Å²) in [4.78, 5) is 23.1. The van der Waals surface area contributed by atoms with E-state index in [2.05, 4.69) is 5.32 Å². The summed E-state index contributed by atoms with van der Waals surface area (Å²) in [6, 6.07) is 0. The van der Waals surface area contributed by atoms with Crippen molar-refractivity contribution >= 4 is 11.9 Å². The first-order valence-electron chi connectivity index (χ1n) is 6.60. The van der Waals surface area contributed by atoms with Crippen LogP contribution in [0.5, 0.6) is 0 Å². The van der Waals surface area contributed by atoms with Gasteiger partial charge in [-0.1, -0.05) is 19.3 Å². The van der Waals surface area contributed by atoms with E-state index in [-0.39, 0.29) is 18.1 Å². The van der Waals surface area contributed by atoms with Gasteiger partial charge < -0.3 is 19.9 Å². The zero-order valence-electron chi connectivity index (χ0n) is 10.8. The quantitative estimate of drug-likeness (QED) is 0.800. The number of hydrogen-bond acceptors (Lipinski definition) is 4. The van der Waals surface area contributed by atoms with Crippen molar-refractivity contribution in [2.45, 2.75) is 44.1 Å². The normalized spacial score (nSPS) is 21.6. The Labute approximate surface area is 111 Å². The summed E-state index contributed by atoms with van der Waals surface area (Å²) in [5.41, 5.74) is -0.650. The van der Waals surface area contributed by atoms with Crippen LogP contribution in [0.2, 0.25) is 0 Å². The second-order valence-electron chi connectivity index (χ2n) is 5.07. The number of nitrogens with one attached hydrogen (secondary N) is 1. The van der Waals surface area contributed by atoms with Crippen LogP contribution in [-0.4, -0.2) is 35.7 Å². The fourth-order valence-electron chi connectivity index (χ4n) is 2.65. The minimum absolute atomic E-state index is 0.0487. The van der Waals surface area contributed by atoms with Crippen LogP contribution in [0, 0.1) is 0 Å². The van der Waals surface area contributed by atoms with Gasteiger partial charge in [0.05, 0.1) is 12.0 Å². The molecule has 0 aromatic heterocycles. The molecule has 0 atom stereocenters. The first kappa shape index (κ1) is 13.7. The molecule has 0 spiro atoms. The summed E-state index contributed by atoms with van der Waals surface area (Å²) >= 11 is 0. The number of rotatable bonds is 4. The maximum atomic E-state index is 12.1. The molecule has 6 nitrogen and oxygen atoms in total. The maximum absolute atomic E-state index is 12.1. The Balaban J connectivity index is 2.04. The molecule has 1 heterocycles. The van der Waals surface area contributed by atoms with Crippen molar-refractivity contribution in [3.05, 3.63) is 12.0 Å². The Morgan fingerprint density at radius 1 is 1.26 bits per heavy atom. The molecular formula is C13H19NO5. The Bertz CT molecular complexity index is 384. The van der Waals surface area contributed by atoms with Gasteiger partial charge in [0.25, 0.3) is 5.91 Å².